The predicted molar refractivity (Wildman–Crippen MR) is 132 cm³/mol. The molecule has 2 aliphatic rings. The number of nitrogens with one attached hydrogen (secondary N) is 1. The molecule has 6 nitrogen and oxygen atoms in total. The van der Waals surface area contributed by atoms with Crippen LogP contribution in [0.2, 0.25) is 10.0 Å². The normalized spacial score (nSPS) is 19.4. The largest absolute Gasteiger partial charge is 0.483 e. The van der Waals surface area contributed by atoms with Gasteiger partial charge in [0.2, 0.25) is 0 Å². The van der Waals surface area contributed by atoms with E-state index in [2.05, 4.69) is 30.7 Å². The van der Waals surface area contributed by atoms with Crippen LogP contribution in [0.15, 0.2) is 35.1 Å². The van der Waals surface area contributed by atoms with Crippen LogP contribution in [0.4, 0.5) is 0 Å². The Morgan fingerprint density at radius 2 is 1.94 bits per heavy atom. The molecule has 0 spiro atoms. The monoisotopic (exact) mass is 489 g/mol. The number of rotatable bonds is 5. The molecule has 0 aliphatic carbocycles. The molecule has 2 aromatic carbocycles. The molecule has 8 heteroatoms. The van der Waals surface area contributed by atoms with Crippen molar-refractivity contribution in [1.29, 1.82) is 0 Å². The van der Waals surface area contributed by atoms with Crippen LogP contribution in [-0.2, 0) is 6.42 Å². The molecule has 0 amide bonds. The topological polar surface area (TPSA) is 59.5 Å². The van der Waals surface area contributed by atoms with Crippen LogP contribution in [0.3, 0.4) is 0 Å². The summed E-state index contributed by atoms with van der Waals surface area (Å²) in [4.78, 5) is 17.9. The molecule has 1 atom stereocenters. The third-order valence-electron chi connectivity index (χ3n) is 6.65. The fourth-order valence-corrected chi connectivity index (χ4v) is 5.59. The number of ether oxygens (including phenoxy) is 2. The standard InChI is InChI=1S/C25H29Cl2N3O3/c1-4-22(32-21-13-17(27)11-15-14-25(2,3)33-23(15)21)29-9-7-18(8-10-29)30-20-6-5-16(26)12-19(20)28-24(30)31/h5-6,11-13,18,22H,4,7-10,14H2,1-3H3,(H,28,31). The maximum absolute atomic E-state index is 12.7. The van der Waals surface area contributed by atoms with Gasteiger partial charge in [-0.2, -0.15) is 0 Å². The summed E-state index contributed by atoms with van der Waals surface area (Å²) >= 11 is 12.5. The molecular weight excluding hydrogens is 461 g/mol. The zero-order chi connectivity index (χ0) is 23.3. The highest BCUT2D eigenvalue weighted by atomic mass is 35.5. The number of hydrogen-bond acceptors (Lipinski definition) is 4. The van der Waals surface area contributed by atoms with Crippen LogP contribution in [0, 0.1) is 0 Å². The molecule has 2 aliphatic heterocycles. The van der Waals surface area contributed by atoms with E-state index >= 15 is 0 Å². The first kappa shape index (κ1) is 22.6. The van der Waals surface area contributed by atoms with Crippen molar-refractivity contribution in [3.05, 3.63) is 56.4 Å². The van der Waals surface area contributed by atoms with E-state index < -0.39 is 0 Å². The van der Waals surface area contributed by atoms with Crippen LogP contribution in [0.1, 0.15) is 51.6 Å². The summed E-state index contributed by atoms with van der Waals surface area (Å²) in [5, 5.41) is 1.28. The first-order valence-electron chi connectivity index (χ1n) is 11.6. The highest BCUT2D eigenvalue weighted by Crippen LogP contribution is 2.44. The fourth-order valence-electron chi connectivity index (χ4n) is 5.19. The van der Waals surface area contributed by atoms with Gasteiger partial charge in [-0.3, -0.25) is 9.47 Å². The average Bonchev–Trinajstić information content (AvgIpc) is 3.25. The Morgan fingerprint density at radius 3 is 2.67 bits per heavy atom. The number of nitrogens with zero attached hydrogens (tertiary/aromatic N) is 2. The smallest absolute Gasteiger partial charge is 0.326 e. The van der Waals surface area contributed by atoms with E-state index in [1.54, 1.807) is 6.07 Å². The number of hydrogen-bond donors (Lipinski definition) is 1. The number of aromatic amines is 1. The summed E-state index contributed by atoms with van der Waals surface area (Å²) in [5.41, 5.74) is 2.43. The molecule has 1 unspecified atom stereocenters. The zero-order valence-corrected chi connectivity index (χ0v) is 20.7. The van der Waals surface area contributed by atoms with Crippen LogP contribution < -0.4 is 15.2 Å². The molecule has 5 rings (SSSR count). The fraction of sp³-hybridized carbons (Fsp3) is 0.480. The van der Waals surface area contributed by atoms with Gasteiger partial charge in [0.1, 0.15) is 5.60 Å². The third kappa shape index (κ3) is 4.36. The molecule has 1 saturated heterocycles. The molecule has 3 aromatic rings. The first-order valence-corrected chi connectivity index (χ1v) is 12.3. The molecule has 1 aromatic heterocycles. The minimum atomic E-state index is -0.262. The van der Waals surface area contributed by atoms with Gasteiger partial charge < -0.3 is 14.5 Å². The van der Waals surface area contributed by atoms with E-state index in [-0.39, 0.29) is 23.6 Å². The van der Waals surface area contributed by atoms with Gasteiger partial charge in [0, 0.05) is 47.2 Å². The van der Waals surface area contributed by atoms with E-state index in [0.29, 0.717) is 15.8 Å². The van der Waals surface area contributed by atoms with Gasteiger partial charge in [-0.15, -0.1) is 0 Å². The van der Waals surface area contributed by atoms with Gasteiger partial charge >= 0.3 is 5.69 Å². The first-order chi connectivity index (χ1) is 15.7. The Balaban J connectivity index is 1.32. The minimum absolute atomic E-state index is 0.0803. The summed E-state index contributed by atoms with van der Waals surface area (Å²) in [6.45, 7) is 7.96. The Kier molecular flexibility index (Phi) is 5.88. The summed E-state index contributed by atoms with van der Waals surface area (Å²) in [6, 6.07) is 9.51. The minimum Gasteiger partial charge on any atom is -0.483 e. The van der Waals surface area contributed by atoms with E-state index in [1.165, 1.54) is 0 Å². The lowest BCUT2D eigenvalue weighted by Crippen LogP contribution is -2.45. The summed E-state index contributed by atoms with van der Waals surface area (Å²) in [7, 11) is 0. The second-order valence-corrected chi connectivity index (χ2v) is 10.5. The van der Waals surface area contributed by atoms with E-state index in [0.717, 1.165) is 61.1 Å². The zero-order valence-electron chi connectivity index (χ0n) is 19.2. The van der Waals surface area contributed by atoms with Crippen molar-refractivity contribution in [1.82, 2.24) is 14.5 Å². The highest BCUT2D eigenvalue weighted by molar-refractivity contribution is 6.31. The van der Waals surface area contributed by atoms with Crippen molar-refractivity contribution in [2.75, 3.05) is 13.1 Å². The van der Waals surface area contributed by atoms with E-state index in [9.17, 15) is 4.79 Å². The average molecular weight is 490 g/mol. The molecule has 3 heterocycles. The van der Waals surface area contributed by atoms with Crippen molar-refractivity contribution in [3.63, 3.8) is 0 Å². The lowest BCUT2D eigenvalue weighted by atomic mass is 10.0. The molecule has 1 N–H and O–H groups in total. The van der Waals surface area contributed by atoms with Crippen molar-refractivity contribution in [2.45, 2.75) is 64.3 Å². The molecule has 176 valence electrons. The molecular formula is C25H29Cl2N3O3. The third-order valence-corrected chi connectivity index (χ3v) is 7.11. The number of aromatic nitrogens is 2. The predicted octanol–water partition coefficient (Wildman–Crippen LogP) is 5.80. The Bertz CT molecular complexity index is 1240. The van der Waals surface area contributed by atoms with Crippen LogP contribution >= 0.6 is 23.2 Å². The summed E-state index contributed by atoms with van der Waals surface area (Å²) in [5.74, 6) is 1.52. The lowest BCUT2D eigenvalue weighted by molar-refractivity contribution is -0.00180. The maximum Gasteiger partial charge on any atom is 0.326 e. The number of fused-ring (bicyclic) bond motifs is 2. The Labute approximate surface area is 203 Å². The molecule has 0 saturated carbocycles. The number of H-pyrrole nitrogens is 1. The van der Waals surface area contributed by atoms with Crippen LogP contribution in [0.5, 0.6) is 11.5 Å². The van der Waals surface area contributed by atoms with Gasteiger partial charge in [-0.25, -0.2) is 4.79 Å². The van der Waals surface area contributed by atoms with Gasteiger partial charge in [0.25, 0.3) is 0 Å². The number of halogens is 2. The molecule has 0 radical (unpaired) electrons. The SMILES string of the molecule is CCC(Oc1cc(Cl)cc2c1OC(C)(C)C2)N1CCC(n2c(=O)[nH]c3cc(Cl)ccc32)CC1. The van der Waals surface area contributed by atoms with Crippen molar-refractivity contribution < 1.29 is 9.47 Å². The van der Waals surface area contributed by atoms with Gasteiger partial charge in [0.05, 0.1) is 11.0 Å². The van der Waals surface area contributed by atoms with Gasteiger partial charge in [-0.1, -0.05) is 30.1 Å². The molecule has 0 bridgehead atoms. The molecule has 1 fully saturated rings. The maximum atomic E-state index is 12.7. The van der Waals surface area contributed by atoms with Crippen molar-refractivity contribution in [3.8, 4) is 11.5 Å². The van der Waals surface area contributed by atoms with Gasteiger partial charge in [-0.05, 0) is 57.4 Å². The number of piperidine rings is 1. The molecule has 33 heavy (non-hydrogen) atoms. The van der Waals surface area contributed by atoms with Crippen LogP contribution in [0.25, 0.3) is 11.0 Å². The number of likely N-dealkylation sites (tertiary alicyclic amines) is 1. The summed E-state index contributed by atoms with van der Waals surface area (Å²) < 4.78 is 14.5. The number of imidazole rings is 1. The van der Waals surface area contributed by atoms with Crippen molar-refractivity contribution in [2.24, 2.45) is 0 Å². The van der Waals surface area contributed by atoms with Gasteiger partial charge in [0.15, 0.2) is 17.7 Å². The van der Waals surface area contributed by atoms with E-state index in [1.807, 2.05) is 28.8 Å². The lowest BCUT2D eigenvalue weighted by Gasteiger charge is -2.37. The quantitative estimate of drug-likeness (QED) is 0.491. The highest BCUT2D eigenvalue weighted by Gasteiger charge is 2.34. The van der Waals surface area contributed by atoms with Crippen LogP contribution in [-0.4, -0.2) is 39.4 Å². The second kappa shape index (κ2) is 8.57. The summed E-state index contributed by atoms with van der Waals surface area (Å²) in [6.07, 6.45) is 3.30. The van der Waals surface area contributed by atoms with Crippen molar-refractivity contribution >= 4 is 34.2 Å². The number of benzene rings is 2. The second-order valence-electron chi connectivity index (χ2n) is 9.64. The Hall–Kier alpha value is -2.15. The Morgan fingerprint density at radius 1 is 1.18 bits per heavy atom. The van der Waals surface area contributed by atoms with E-state index in [4.69, 9.17) is 32.7 Å².